The zero-order valence-electron chi connectivity index (χ0n) is 9.75. The van der Waals surface area contributed by atoms with Gasteiger partial charge in [0.15, 0.2) is 0 Å². The van der Waals surface area contributed by atoms with E-state index in [1.54, 1.807) is 0 Å². The quantitative estimate of drug-likeness (QED) is 0.801. The zero-order chi connectivity index (χ0) is 12.3. The summed E-state index contributed by atoms with van der Waals surface area (Å²) in [6.45, 7) is 1.17. The molecule has 0 radical (unpaired) electrons. The molecule has 1 aliphatic carbocycles. The third kappa shape index (κ3) is 3.21. The fraction of sp³-hybridized carbons (Fsp3) is 0.538. The zero-order valence-corrected chi connectivity index (χ0v) is 11.3. The summed E-state index contributed by atoms with van der Waals surface area (Å²) in [7, 11) is 0. The minimum absolute atomic E-state index is 0.276. The molecule has 0 amide bonds. The molecule has 1 aliphatic rings. The standard InChI is InChI=1S/C13H18BrNO2/c14-11-5-3-4-10(12(11)16)8-15-9-13(17)6-1-2-7-13/h3-5,15-17H,1-2,6-9H2. The molecular formula is C13H18BrNO2. The number of rotatable bonds is 4. The minimum Gasteiger partial charge on any atom is -0.506 e. The first-order valence-corrected chi connectivity index (χ1v) is 6.79. The van der Waals surface area contributed by atoms with E-state index in [1.807, 2.05) is 18.2 Å². The summed E-state index contributed by atoms with van der Waals surface area (Å²) in [6, 6.07) is 5.58. The van der Waals surface area contributed by atoms with Gasteiger partial charge in [0.05, 0.1) is 10.1 Å². The predicted octanol–water partition coefficient (Wildman–Crippen LogP) is 2.55. The molecule has 0 unspecified atom stereocenters. The molecule has 3 N–H and O–H groups in total. The SMILES string of the molecule is Oc1c(Br)cccc1CNCC1(O)CCCC1. The summed E-state index contributed by atoms with van der Waals surface area (Å²) in [6.07, 6.45) is 3.98. The average Bonchev–Trinajstić information content (AvgIpc) is 2.72. The third-order valence-electron chi connectivity index (χ3n) is 3.37. The lowest BCUT2D eigenvalue weighted by atomic mass is 10.0. The fourth-order valence-corrected chi connectivity index (χ4v) is 2.75. The van der Waals surface area contributed by atoms with E-state index in [0.717, 1.165) is 31.2 Å². The Morgan fingerprint density at radius 3 is 2.71 bits per heavy atom. The van der Waals surface area contributed by atoms with Gasteiger partial charge in [-0.25, -0.2) is 0 Å². The first-order chi connectivity index (χ1) is 8.11. The van der Waals surface area contributed by atoms with Gasteiger partial charge in [0.25, 0.3) is 0 Å². The Morgan fingerprint density at radius 2 is 2.00 bits per heavy atom. The van der Waals surface area contributed by atoms with Gasteiger partial charge in [-0.05, 0) is 34.8 Å². The number of aromatic hydroxyl groups is 1. The second kappa shape index (κ2) is 5.38. The van der Waals surface area contributed by atoms with Gasteiger partial charge >= 0.3 is 0 Å². The van der Waals surface area contributed by atoms with Crippen LogP contribution in [-0.4, -0.2) is 22.4 Å². The number of aliphatic hydroxyl groups is 1. The largest absolute Gasteiger partial charge is 0.506 e. The van der Waals surface area contributed by atoms with Gasteiger partial charge in [0.2, 0.25) is 0 Å². The highest BCUT2D eigenvalue weighted by atomic mass is 79.9. The third-order valence-corrected chi connectivity index (χ3v) is 4.01. The molecule has 4 heteroatoms. The minimum atomic E-state index is -0.540. The maximum Gasteiger partial charge on any atom is 0.134 e. The van der Waals surface area contributed by atoms with Crippen molar-refractivity contribution in [3.63, 3.8) is 0 Å². The Hall–Kier alpha value is -0.580. The van der Waals surface area contributed by atoms with Crippen LogP contribution in [0.25, 0.3) is 0 Å². The second-order valence-electron chi connectivity index (χ2n) is 4.78. The second-order valence-corrected chi connectivity index (χ2v) is 5.64. The number of halogens is 1. The van der Waals surface area contributed by atoms with Crippen molar-refractivity contribution in [2.24, 2.45) is 0 Å². The Labute approximate surface area is 110 Å². The van der Waals surface area contributed by atoms with Gasteiger partial charge in [0.1, 0.15) is 5.75 Å². The molecule has 1 saturated carbocycles. The molecule has 1 fully saturated rings. The monoisotopic (exact) mass is 299 g/mol. The molecule has 94 valence electrons. The van der Waals surface area contributed by atoms with Crippen molar-refractivity contribution >= 4 is 15.9 Å². The molecule has 2 rings (SSSR count). The summed E-state index contributed by atoms with van der Waals surface area (Å²) < 4.78 is 0.705. The Balaban J connectivity index is 1.88. The summed E-state index contributed by atoms with van der Waals surface area (Å²) in [5.74, 6) is 0.276. The van der Waals surface area contributed by atoms with E-state index in [4.69, 9.17) is 0 Å². The molecule has 1 aromatic rings. The molecular weight excluding hydrogens is 282 g/mol. The molecule has 1 aromatic carbocycles. The van der Waals surface area contributed by atoms with E-state index in [1.165, 1.54) is 0 Å². The molecule has 3 nitrogen and oxygen atoms in total. The molecule has 0 heterocycles. The Morgan fingerprint density at radius 1 is 1.29 bits per heavy atom. The number of hydrogen-bond acceptors (Lipinski definition) is 3. The highest BCUT2D eigenvalue weighted by Crippen LogP contribution is 2.30. The summed E-state index contributed by atoms with van der Waals surface area (Å²) in [5.41, 5.74) is 0.308. The summed E-state index contributed by atoms with van der Waals surface area (Å²) in [5, 5.41) is 23.2. The van der Waals surface area contributed by atoms with Crippen LogP contribution in [0, 0.1) is 0 Å². The highest BCUT2D eigenvalue weighted by molar-refractivity contribution is 9.10. The van der Waals surface area contributed by atoms with E-state index >= 15 is 0 Å². The summed E-state index contributed by atoms with van der Waals surface area (Å²) in [4.78, 5) is 0. The van der Waals surface area contributed by atoms with Crippen LogP contribution in [0.3, 0.4) is 0 Å². The Bertz CT molecular complexity index is 389. The van der Waals surface area contributed by atoms with Crippen molar-refractivity contribution in [1.82, 2.24) is 5.32 Å². The molecule has 0 aromatic heterocycles. The van der Waals surface area contributed by atoms with Crippen LogP contribution in [0.5, 0.6) is 5.75 Å². The predicted molar refractivity (Wildman–Crippen MR) is 70.9 cm³/mol. The smallest absolute Gasteiger partial charge is 0.134 e. The van der Waals surface area contributed by atoms with Crippen LogP contribution in [-0.2, 0) is 6.54 Å². The highest BCUT2D eigenvalue weighted by Gasteiger charge is 2.30. The molecule has 0 spiro atoms. The van der Waals surface area contributed by atoms with Gasteiger partial charge in [-0.3, -0.25) is 0 Å². The molecule has 17 heavy (non-hydrogen) atoms. The number of phenols is 1. The van der Waals surface area contributed by atoms with Gasteiger partial charge < -0.3 is 15.5 Å². The van der Waals surface area contributed by atoms with E-state index < -0.39 is 5.60 Å². The number of nitrogens with one attached hydrogen (secondary N) is 1. The topological polar surface area (TPSA) is 52.5 Å². The van der Waals surface area contributed by atoms with Crippen molar-refractivity contribution in [3.05, 3.63) is 28.2 Å². The first kappa shape index (κ1) is 12.9. The molecule has 0 saturated heterocycles. The Kier molecular flexibility index (Phi) is 4.07. The van der Waals surface area contributed by atoms with E-state index in [0.29, 0.717) is 17.6 Å². The van der Waals surface area contributed by atoms with Crippen LogP contribution in [0.4, 0.5) is 0 Å². The number of benzene rings is 1. The number of phenolic OH excluding ortho intramolecular Hbond substituents is 1. The summed E-state index contributed by atoms with van der Waals surface area (Å²) >= 11 is 3.29. The van der Waals surface area contributed by atoms with Crippen molar-refractivity contribution in [3.8, 4) is 5.75 Å². The fourth-order valence-electron chi connectivity index (χ4n) is 2.34. The maximum absolute atomic E-state index is 10.2. The van der Waals surface area contributed by atoms with Crippen LogP contribution < -0.4 is 5.32 Å². The van der Waals surface area contributed by atoms with Crippen LogP contribution in [0.2, 0.25) is 0 Å². The van der Waals surface area contributed by atoms with E-state index in [2.05, 4.69) is 21.2 Å². The molecule has 0 aliphatic heterocycles. The average molecular weight is 300 g/mol. The van der Waals surface area contributed by atoms with E-state index in [9.17, 15) is 10.2 Å². The van der Waals surface area contributed by atoms with Gasteiger partial charge in [-0.15, -0.1) is 0 Å². The van der Waals surface area contributed by atoms with E-state index in [-0.39, 0.29) is 5.75 Å². The number of para-hydroxylation sites is 1. The van der Waals surface area contributed by atoms with Crippen LogP contribution >= 0.6 is 15.9 Å². The van der Waals surface area contributed by atoms with Gasteiger partial charge in [0, 0.05) is 18.7 Å². The van der Waals surface area contributed by atoms with Crippen molar-refractivity contribution in [2.45, 2.75) is 37.8 Å². The number of hydrogen-bond donors (Lipinski definition) is 3. The van der Waals surface area contributed by atoms with Crippen molar-refractivity contribution < 1.29 is 10.2 Å². The lowest BCUT2D eigenvalue weighted by molar-refractivity contribution is 0.0474. The van der Waals surface area contributed by atoms with Gasteiger partial charge in [-0.1, -0.05) is 25.0 Å². The van der Waals surface area contributed by atoms with Crippen LogP contribution in [0.15, 0.2) is 22.7 Å². The van der Waals surface area contributed by atoms with Gasteiger partial charge in [-0.2, -0.15) is 0 Å². The lowest BCUT2D eigenvalue weighted by Gasteiger charge is -2.22. The normalized spacial score (nSPS) is 18.5. The van der Waals surface area contributed by atoms with Crippen LogP contribution in [0.1, 0.15) is 31.2 Å². The first-order valence-electron chi connectivity index (χ1n) is 6.00. The van der Waals surface area contributed by atoms with Crippen molar-refractivity contribution in [2.75, 3.05) is 6.54 Å². The lowest BCUT2D eigenvalue weighted by Crippen LogP contribution is -2.37. The molecule has 0 atom stereocenters. The van der Waals surface area contributed by atoms with Crippen molar-refractivity contribution in [1.29, 1.82) is 0 Å². The molecule has 0 bridgehead atoms. The maximum atomic E-state index is 10.2.